The van der Waals surface area contributed by atoms with Gasteiger partial charge in [0.15, 0.2) is 0 Å². The summed E-state index contributed by atoms with van der Waals surface area (Å²) in [4.78, 5) is 29.4. The van der Waals surface area contributed by atoms with E-state index < -0.39 is 0 Å². The lowest BCUT2D eigenvalue weighted by molar-refractivity contribution is -0.167. The lowest BCUT2D eigenvalue weighted by Gasteiger charge is -2.47. The van der Waals surface area contributed by atoms with E-state index in [-0.39, 0.29) is 28.6 Å². The Balaban J connectivity index is 2.06. The van der Waals surface area contributed by atoms with Crippen molar-refractivity contribution in [2.24, 2.45) is 16.7 Å². The molecule has 1 heterocycles. The first-order valence-corrected chi connectivity index (χ1v) is 8.37. The summed E-state index contributed by atoms with van der Waals surface area (Å²) in [6.07, 6.45) is 2.59. The number of piperidine rings is 1. The van der Waals surface area contributed by atoms with Gasteiger partial charge in [0, 0.05) is 12.5 Å². The minimum atomic E-state index is -0.360. The number of amides is 2. The highest BCUT2D eigenvalue weighted by atomic mass is 16.2. The maximum atomic E-state index is 12.8. The van der Waals surface area contributed by atoms with E-state index in [2.05, 4.69) is 39.5 Å². The van der Waals surface area contributed by atoms with Crippen LogP contribution in [0.25, 0.3) is 0 Å². The van der Waals surface area contributed by atoms with Crippen molar-refractivity contribution >= 4 is 11.8 Å². The van der Waals surface area contributed by atoms with E-state index in [1.54, 1.807) is 4.90 Å². The Bertz CT molecular complexity index is 429. The SMILES string of the molecule is CCN(CC)CCCN1C(=O)[C@H]2CC[C@@](C)(C1=O)C2(C)C. The second-order valence-electron chi connectivity index (χ2n) is 7.32. The van der Waals surface area contributed by atoms with Crippen molar-refractivity contribution in [3.8, 4) is 0 Å². The van der Waals surface area contributed by atoms with Crippen LogP contribution < -0.4 is 0 Å². The molecule has 0 radical (unpaired) electrons. The van der Waals surface area contributed by atoms with Gasteiger partial charge >= 0.3 is 0 Å². The Hall–Kier alpha value is -0.900. The minimum Gasteiger partial charge on any atom is -0.304 e. The van der Waals surface area contributed by atoms with Crippen LogP contribution in [0.5, 0.6) is 0 Å². The van der Waals surface area contributed by atoms with Gasteiger partial charge in [0.2, 0.25) is 11.8 Å². The van der Waals surface area contributed by atoms with Gasteiger partial charge in [0.05, 0.1) is 5.41 Å². The zero-order chi connectivity index (χ0) is 15.8. The van der Waals surface area contributed by atoms with Crippen LogP contribution >= 0.6 is 0 Å². The summed E-state index contributed by atoms with van der Waals surface area (Å²) in [6, 6.07) is 0. The first-order chi connectivity index (χ1) is 9.79. The molecule has 4 heteroatoms. The van der Waals surface area contributed by atoms with Crippen LogP contribution in [0.3, 0.4) is 0 Å². The molecule has 0 N–H and O–H groups in total. The maximum Gasteiger partial charge on any atom is 0.235 e. The van der Waals surface area contributed by atoms with Gasteiger partial charge in [-0.15, -0.1) is 0 Å². The molecule has 0 unspecified atom stereocenters. The van der Waals surface area contributed by atoms with Crippen LogP contribution in [0.4, 0.5) is 0 Å². The smallest absolute Gasteiger partial charge is 0.235 e. The monoisotopic (exact) mass is 294 g/mol. The Morgan fingerprint density at radius 2 is 1.81 bits per heavy atom. The summed E-state index contributed by atoms with van der Waals surface area (Å²) in [6.45, 7) is 14.1. The Kier molecular flexibility index (Phi) is 4.48. The lowest BCUT2D eigenvalue weighted by atomic mass is 9.62. The van der Waals surface area contributed by atoms with Crippen molar-refractivity contribution in [2.75, 3.05) is 26.2 Å². The molecule has 2 aliphatic rings. The van der Waals surface area contributed by atoms with Gasteiger partial charge in [-0.25, -0.2) is 0 Å². The van der Waals surface area contributed by atoms with Gasteiger partial charge in [-0.05, 0) is 44.3 Å². The van der Waals surface area contributed by atoms with Crippen molar-refractivity contribution in [2.45, 2.75) is 53.9 Å². The van der Waals surface area contributed by atoms with Crippen molar-refractivity contribution in [1.82, 2.24) is 9.80 Å². The van der Waals surface area contributed by atoms with Crippen LogP contribution in [0.2, 0.25) is 0 Å². The molecule has 2 atom stereocenters. The predicted octanol–water partition coefficient (Wildman–Crippen LogP) is 2.53. The molecule has 2 bridgehead atoms. The zero-order valence-electron chi connectivity index (χ0n) is 14.2. The zero-order valence-corrected chi connectivity index (χ0v) is 14.2. The summed E-state index contributed by atoms with van der Waals surface area (Å²) in [5.41, 5.74) is -0.558. The number of carbonyl (C=O) groups is 2. The molecule has 1 aliphatic carbocycles. The number of nitrogens with zero attached hydrogens (tertiary/aromatic N) is 2. The summed E-state index contributed by atoms with van der Waals surface area (Å²) >= 11 is 0. The molecule has 1 saturated carbocycles. The highest BCUT2D eigenvalue weighted by molar-refractivity contribution is 6.03. The molecule has 1 saturated heterocycles. The fraction of sp³-hybridized carbons (Fsp3) is 0.882. The topological polar surface area (TPSA) is 40.6 Å². The van der Waals surface area contributed by atoms with E-state index in [0.29, 0.717) is 6.54 Å². The molecule has 2 rings (SSSR count). The van der Waals surface area contributed by atoms with Gasteiger partial charge in [-0.3, -0.25) is 14.5 Å². The number of hydrogen-bond donors (Lipinski definition) is 0. The number of fused-ring (bicyclic) bond motifs is 2. The molecule has 120 valence electrons. The van der Waals surface area contributed by atoms with Crippen LogP contribution in [0.1, 0.15) is 53.9 Å². The molecule has 0 aromatic heterocycles. The first kappa shape index (κ1) is 16.5. The summed E-state index contributed by atoms with van der Waals surface area (Å²) in [5.74, 6) is 0.152. The van der Waals surface area contributed by atoms with Gasteiger partial charge < -0.3 is 4.90 Å². The third-order valence-electron chi connectivity index (χ3n) is 6.26. The Labute approximate surface area is 128 Å². The van der Waals surface area contributed by atoms with Gasteiger partial charge in [-0.2, -0.15) is 0 Å². The number of hydrogen-bond acceptors (Lipinski definition) is 3. The number of likely N-dealkylation sites (tertiary alicyclic amines) is 1. The van der Waals surface area contributed by atoms with Crippen molar-refractivity contribution < 1.29 is 9.59 Å². The largest absolute Gasteiger partial charge is 0.304 e. The summed E-state index contributed by atoms with van der Waals surface area (Å²) in [5, 5.41) is 0. The second-order valence-corrected chi connectivity index (χ2v) is 7.32. The molecule has 4 nitrogen and oxygen atoms in total. The van der Waals surface area contributed by atoms with Gasteiger partial charge in [-0.1, -0.05) is 34.6 Å². The number of carbonyl (C=O) groups excluding carboxylic acids is 2. The number of rotatable bonds is 6. The van der Waals surface area contributed by atoms with Crippen LogP contribution in [0.15, 0.2) is 0 Å². The molecule has 0 aromatic rings. The third kappa shape index (κ3) is 2.41. The normalized spacial score (nSPS) is 31.3. The molecule has 21 heavy (non-hydrogen) atoms. The van der Waals surface area contributed by atoms with Crippen LogP contribution in [0, 0.1) is 16.7 Å². The van der Waals surface area contributed by atoms with Gasteiger partial charge in [0.25, 0.3) is 0 Å². The Morgan fingerprint density at radius 3 is 2.38 bits per heavy atom. The second kappa shape index (κ2) is 5.71. The fourth-order valence-electron chi connectivity index (χ4n) is 4.11. The maximum absolute atomic E-state index is 12.8. The Morgan fingerprint density at radius 1 is 1.19 bits per heavy atom. The average Bonchev–Trinajstić information content (AvgIpc) is 2.63. The van der Waals surface area contributed by atoms with Crippen molar-refractivity contribution in [1.29, 1.82) is 0 Å². The minimum absolute atomic E-state index is 0.0219. The highest BCUT2D eigenvalue weighted by Crippen LogP contribution is 2.59. The van der Waals surface area contributed by atoms with E-state index >= 15 is 0 Å². The lowest BCUT2D eigenvalue weighted by Crippen LogP contribution is -2.59. The summed E-state index contributed by atoms with van der Waals surface area (Å²) in [7, 11) is 0. The van der Waals surface area contributed by atoms with Crippen LogP contribution in [-0.4, -0.2) is 47.8 Å². The van der Waals surface area contributed by atoms with E-state index in [0.717, 1.165) is 38.9 Å². The molecule has 1 aliphatic heterocycles. The van der Waals surface area contributed by atoms with E-state index in [1.165, 1.54) is 0 Å². The highest BCUT2D eigenvalue weighted by Gasteiger charge is 2.64. The molecule has 0 spiro atoms. The van der Waals surface area contributed by atoms with Crippen molar-refractivity contribution in [3.05, 3.63) is 0 Å². The number of imide groups is 1. The molecular formula is C17H30N2O2. The van der Waals surface area contributed by atoms with E-state index in [1.807, 2.05) is 0 Å². The molecule has 0 aromatic carbocycles. The summed E-state index contributed by atoms with van der Waals surface area (Å²) < 4.78 is 0. The molecule has 2 fully saturated rings. The average molecular weight is 294 g/mol. The quantitative estimate of drug-likeness (QED) is 0.707. The standard InChI is InChI=1S/C17H30N2O2/c1-6-18(7-2)11-8-12-19-14(20)13-9-10-17(5,15(19)21)16(13,3)4/h13H,6-12H2,1-5H3/t13-,17+/m1/s1. The third-order valence-corrected chi connectivity index (χ3v) is 6.26. The van der Waals surface area contributed by atoms with E-state index in [4.69, 9.17) is 0 Å². The van der Waals surface area contributed by atoms with E-state index in [9.17, 15) is 9.59 Å². The molecular weight excluding hydrogens is 264 g/mol. The molecule has 2 amide bonds. The predicted molar refractivity (Wildman–Crippen MR) is 83.7 cm³/mol. The van der Waals surface area contributed by atoms with Crippen molar-refractivity contribution in [3.63, 3.8) is 0 Å². The first-order valence-electron chi connectivity index (χ1n) is 8.37. The fourth-order valence-corrected chi connectivity index (χ4v) is 4.11. The van der Waals surface area contributed by atoms with Gasteiger partial charge in [0.1, 0.15) is 0 Å². The van der Waals surface area contributed by atoms with Crippen LogP contribution in [-0.2, 0) is 9.59 Å².